The van der Waals surface area contributed by atoms with E-state index in [-0.39, 0.29) is 5.28 Å². The largest absolute Gasteiger partial charge is 0.462 e. The number of carbonyl (C=O) groups excluding carboxylic acids is 1. The molecule has 0 amide bonds. The first-order valence-corrected chi connectivity index (χ1v) is 9.29. The van der Waals surface area contributed by atoms with Gasteiger partial charge in [-0.3, -0.25) is 0 Å². The summed E-state index contributed by atoms with van der Waals surface area (Å²) >= 11 is 7.42. The van der Waals surface area contributed by atoms with Gasteiger partial charge < -0.3 is 10.1 Å². The van der Waals surface area contributed by atoms with E-state index in [1.54, 1.807) is 12.3 Å². The summed E-state index contributed by atoms with van der Waals surface area (Å²) in [5, 5.41) is 7.93. The van der Waals surface area contributed by atoms with Crippen molar-refractivity contribution in [1.82, 2.24) is 9.97 Å². The monoisotopic (exact) mass is 383 g/mol. The maximum absolute atomic E-state index is 12.3. The molecule has 4 aromatic rings. The highest BCUT2D eigenvalue weighted by atomic mass is 35.5. The van der Waals surface area contributed by atoms with E-state index in [2.05, 4.69) is 15.3 Å². The maximum atomic E-state index is 12.3. The molecule has 0 saturated heterocycles. The zero-order valence-corrected chi connectivity index (χ0v) is 15.4. The molecule has 0 spiro atoms. The average Bonchev–Trinajstić information content (AvgIpc) is 3.06. The van der Waals surface area contributed by atoms with Gasteiger partial charge in [0.1, 0.15) is 10.6 Å². The van der Waals surface area contributed by atoms with Gasteiger partial charge in [-0.25, -0.2) is 9.78 Å². The van der Waals surface area contributed by atoms with Gasteiger partial charge in [-0.15, -0.1) is 11.3 Å². The Labute approximate surface area is 158 Å². The predicted molar refractivity (Wildman–Crippen MR) is 106 cm³/mol. The van der Waals surface area contributed by atoms with Crippen molar-refractivity contribution in [3.63, 3.8) is 0 Å². The number of esters is 1. The summed E-state index contributed by atoms with van der Waals surface area (Å²) < 4.78 is 5.15. The van der Waals surface area contributed by atoms with Crippen LogP contribution in [0.1, 0.15) is 17.3 Å². The van der Waals surface area contributed by atoms with Crippen molar-refractivity contribution in [3.8, 4) is 0 Å². The fourth-order valence-electron chi connectivity index (χ4n) is 2.83. The van der Waals surface area contributed by atoms with Gasteiger partial charge in [-0.1, -0.05) is 36.4 Å². The van der Waals surface area contributed by atoms with Crippen LogP contribution in [-0.2, 0) is 4.74 Å². The Morgan fingerprint density at radius 3 is 2.85 bits per heavy atom. The van der Waals surface area contributed by atoms with Crippen molar-refractivity contribution >= 4 is 61.4 Å². The third-order valence-electron chi connectivity index (χ3n) is 3.94. The first-order chi connectivity index (χ1) is 12.7. The molecular weight excluding hydrogens is 370 g/mol. The molecule has 0 unspecified atom stereocenters. The van der Waals surface area contributed by atoms with Crippen LogP contribution in [0.5, 0.6) is 0 Å². The van der Waals surface area contributed by atoms with Gasteiger partial charge in [0.05, 0.1) is 17.6 Å². The number of benzene rings is 2. The lowest BCUT2D eigenvalue weighted by molar-refractivity contribution is 0.0529. The molecule has 5 nitrogen and oxygen atoms in total. The summed E-state index contributed by atoms with van der Waals surface area (Å²) in [5.41, 5.74) is 1.31. The summed E-state index contributed by atoms with van der Waals surface area (Å²) in [6, 6.07) is 14.0. The molecule has 1 N–H and O–H groups in total. The zero-order chi connectivity index (χ0) is 18.1. The molecule has 0 saturated carbocycles. The summed E-state index contributed by atoms with van der Waals surface area (Å²) in [6.07, 6.45) is 0. The number of nitrogens with zero attached hydrogens (tertiary/aromatic N) is 2. The number of fused-ring (bicyclic) bond motifs is 2. The molecule has 0 fully saturated rings. The molecule has 0 radical (unpaired) electrons. The molecule has 2 aromatic carbocycles. The van der Waals surface area contributed by atoms with Gasteiger partial charge in [0.2, 0.25) is 5.28 Å². The SMILES string of the molecule is CCOC(=O)c1csc2nc(Cl)nc(Nc3cccc4ccccc34)c12. The number of carbonyl (C=O) groups is 1. The molecule has 0 atom stereocenters. The Morgan fingerprint density at radius 1 is 1.19 bits per heavy atom. The molecule has 7 heteroatoms. The minimum Gasteiger partial charge on any atom is -0.462 e. The van der Waals surface area contributed by atoms with Crippen molar-refractivity contribution in [2.75, 3.05) is 11.9 Å². The number of halogens is 1. The third-order valence-corrected chi connectivity index (χ3v) is 4.99. The number of hydrogen-bond donors (Lipinski definition) is 1. The molecular formula is C19H14ClN3O2S. The van der Waals surface area contributed by atoms with Gasteiger partial charge in [0.15, 0.2) is 0 Å². The Balaban J connectivity index is 1.87. The Bertz CT molecular complexity index is 1120. The van der Waals surface area contributed by atoms with Crippen LogP contribution in [0.15, 0.2) is 47.8 Å². The molecule has 0 bridgehead atoms. The van der Waals surface area contributed by atoms with Crippen LogP contribution < -0.4 is 5.32 Å². The van der Waals surface area contributed by atoms with Gasteiger partial charge in [-0.2, -0.15) is 4.98 Å². The second kappa shape index (κ2) is 6.90. The van der Waals surface area contributed by atoms with Gasteiger partial charge in [0, 0.05) is 16.5 Å². The second-order valence-corrected chi connectivity index (χ2v) is 6.74. The summed E-state index contributed by atoms with van der Waals surface area (Å²) in [7, 11) is 0. The van der Waals surface area contributed by atoms with Gasteiger partial charge >= 0.3 is 5.97 Å². The number of hydrogen-bond acceptors (Lipinski definition) is 6. The fraction of sp³-hybridized carbons (Fsp3) is 0.105. The van der Waals surface area contributed by atoms with Gasteiger partial charge in [-0.05, 0) is 30.0 Å². The first kappa shape index (κ1) is 16.8. The Hall–Kier alpha value is -2.70. The maximum Gasteiger partial charge on any atom is 0.339 e. The smallest absolute Gasteiger partial charge is 0.339 e. The summed E-state index contributed by atoms with van der Waals surface area (Å²) in [6.45, 7) is 2.08. The van der Waals surface area contributed by atoms with Crippen LogP contribution in [0.4, 0.5) is 11.5 Å². The van der Waals surface area contributed by atoms with E-state index in [1.165, 1.54) is 11.3 Å². The highest BCUT2D eigenvalue weighted by Crippen LogP contribution is 2.34. The normalized spacial score (nSPS) is 11.0. The number of nitrogens with one attached hydrogen (secondary N) is 1. The molecule has 2 heterocycles. The number of anilines is 2. The molecule has 4 rings (SSSR count). The van der Waals surface area contributed by atoms with E-state index in [0.717, 1.165) is 16.5 Å². The molecule has 0 aliphatic rings. The second-order valence-electron chi connectivity index (χ2n) is 5.54. The first-order valence-electron chi connectivity index (χ1n) is 8.04. The van der Waals surface area contributed by atoms with Crippen molar-refractivity contribution < 1.29 is 9.53 Å². The topological polar surface area (TPSA) is 64.1 Å². The Morgan fingerprint density at radius 2 is 2.00 bits per heavy atom. The quantitative estimate of drug-likeness (QED) is 0.376. The van der Waals surface area contributed by atoms with Crippen LogP contribution in [0, 0.1) is 0 Å². The fourth-order valence-corrected chi connectivity index (χ4v) is 3.95. The molecule has 26 heavy (non-hydrogen) atoms. The minimum atomic E-state index is -0.398. The lowest BCUT2D eigenvalue weighted by Crippen LogP contribution is -2.05. The summed E-state index contributed by atoms with van der Waals surface area (Å²) in [4.78, 5) is 21.5. The van der Waals surface area contributed by atoms with E-state index in [0.29, 0.717) is 28.2 Å². The number of ether oxygens (including phenoxy) is 1. The lowest BCUT2D eigenvalue weighted by atomic mass is 10.1. The lowest BCUT2D eigenvalue weighted by Gasteiger charge is -2.11. The van der Waals surface area contributed by atoms with Crippen LogP contribution in [-0.4, -0.2) is 22.5 Å². The van der Waals surface area contributed by atoms with Crippen LogP contribution in [0.3, 0.4) is 0 Å². The highest BCUT2D eigenvalue weighted by Gasteiger charge is 2.20. The van der Waals surface area contributed by atoms with Crippen LogP contribution >= 0.6 is 22.9 Å². The van der Waals surface area contributed by atoms with Crippen molar-refractivity contribution in [3.05, 3.63) is 58.7 Å². The van der Waals surface area contributed by atoms with Gasteiger partial charge in [0.25, 0.3) is 0 Å². The molecule has 130 valence electrons. The predicted octanol–water partition coefficient (Wildman–Crippen LogP) is 5.42. The highest BCUT2D eigenvalue weighted by molar-refractivity contribution is 7.17. The minimum absolute atomic E-state index is 0.123. The van der Waals surface area contributed by atoms with E-state index in [4.69, 9.17) is 16.3 Å². The van der Waals surface area contributed by atoms with Crippen molar-refractivity contribution in [1.29, 1.82) is 0 Å². The third kappa shape index (κ3) is 2.98. The van der Waals surface area contributed by atoms with Crippen LogP contribution in [0.2, 0.25) is 5.28 Å². The average molecular weight is 384 g/mol. The van der Waals surface area contributed by atoms with Crippen molar-refractivity contribution in [2.24, 2.45) is 0 Å². The molecule has 0 aliphatic carbocycles. The van der Waals surface area contributed by atoms with E-state index >= 15 is 0 Å². The summed E-state index contributed by atoms with van der Waals surface area (Å²) in [5.74, 6) is 0.0892. The van der Waals surface area contributed by atoms with E-state index in [1.807, 2.05) is 42.5 Å². The van der Waals surface area contributed by atoms with E-state index < -0.39 is 5.97 Å². The van der Waals surface area contributed by atoms with Crippen molar-refractivity contribution in [2.45, 2.75) is 6.92 Å². The van der Waals surface area contributed by atoms with E-state index in [9.17, 15) is 4.79 Å². The molecule has 0 aliphatic heterocycles. The number of aromatic nitrogens is 2. The standard InChI is InChI=1S/C19H14ClN3O2S/c1-2-25-18(24)13-10-26-17-15(13)16(22-19(20)23-17)21-14-9-5-7-11-6-3-4-8-12(11)14/h3-10H,2H2,1H3,(H,21,22,23). The molecule has 2 aromatic heterocycles. The Kier molecular flexibility index (Phi) is 4.44. The van der Waals surface area contributed by atoms with Crippen LogP contribution in [0.25, 0.3) is 21.0 Å². The number of rotatable bonds is 4. The zero-order valence-electron chi connectivity index (χ0n) is 13.8. The number of thiophene rings is 1.